The van der Waals surface area contributed by atoms with E-state index in [1.165, 1.54) is 29.1 Å². The lowest BCUT2D eigenvalue weighted by molar-refractivity contribution is 1.08. The second-order valence-corrected chi connectivity index (χ2v) is 4.98. The van der Waals surface area contributed by atoms with Gasteiger partial charge in [-0.2, -0.15) is 0 Å². The Hall–Kier alpha value is -2.14. The Morgan fingerprint density at radius 3 is 2.90 bits per heavy atom. The van der Waals surface area contributed by atoms with E-state index in [0.717, 1.165) is 11.9 Å². The summed E-state index contributed by atoms with van der Waals surface area (Å²) < 4.78 is 2.02. The first-order valence-corrected chi connectivity index (χ1v) is 7.93. The van der Waals surface area contributed by atoms with Crippen LogP contribution in [-0.2, 0) is 6.42 Å². The summed E-state index contributed by atoms with van der Waals surface area (Å²) in [7, 11) is 0. The molecule has 0 saturated carbocycles. The van der Waals surface area contributed by atoms with Crippen LogP contribution in [0.3, 0.4) is 0 Å². The highest BCUT2D eigenvalue weighted by molar-refractivity contribution is 8.11. The van der Waals surface area contributed by atoms with E-state index in [-0.39, 0.29) is 0 Å². The van der Waals surface area contributed by atoms with Crippen LogP contribution >= 0.6 is 11.8 Å². The molecule has 1 aromatic carbocycles. The minimum Gasteiger partial charge on any atom is -0.300 e. The molecule has 1 aromatic heterocycles. The highest BCUT2D eigenvalue weighted by atomic mass is 32.2. The first-order chi connectivity index (χ1) is 10.3. The highest BCUT2D eigenvalue weighted by Gasteiger charge is 2.08. The monoisotopic (exact) mass is 298 g/mol. The summed E-state index contributed by atoms with van der Waals surface area (Å²) >= 11 is 1.53. The van der Waals surface area contributed by atoms with Gasteiger partial charge in [0.15, 0.2) is 5.82 Å². The molecule has 0 bridgehead atoms. The number of para-hydroxylation sites is 1. The van der Waals surface area contributed by atoms with Gasteiger partial charge in [0.1, 0.15) is 6.34 Å². The summed E-state index contributed by atoms with van der Waals surface area (Å²) in [6.45, 7) is 5.67. The van der Waals surface area contributed by atoms with Gasteiger partial charge >= 0.3 is 0 Å². The number of fused-ring (bicyclic) bond motifs is 1. The second-order valence-electron chi connectivity index (χ2n) is 4.30. The van der Waals surface area contributed by atoms with Crippen LogP contribution in [0.4, 0.5) is 0 Å². The first kappa shape index (κ1) is 15.3. The van der Waals surface area contributed by atoms with Crippen molar-refractivity contribution in [2.75, 3.05) is 6.26 Å². The van der Waals surface area contributed by atoms with Crippen LogP contribution < -0.4 is 0 Å². The van der Waals surface area contributed by atoms with Crippen molar-refractivity contribution in [1.82, 2.24) is 4.57 Å². The highest BCUT2D eigenvalue weighted by Crippen LogP contribution is 2.25. The smallest absolute Gasteiger partial charge is 0.157 e. The molecule has 5 heteroatoms. The fourth-order valence-electron chi connectivity index (χ4n) is 2.14. The zero-order chi connectivity index (χ0) is 15.1. The summed E-state index contributed by atoms with van der Waals surface area (Å²) in [4.78, 5) is 12.3. The molecular formula is C16H18N4S. The number of aryl methyl sites for hydroxylation is 1. The van der Waals surface area contributed by atoms with Crippen molar-refractivity contribution in [3.05, 3.63) is 42.2 Å². The van der Waals surface area contributed by atoms with Crippen LogP contribution in [0.15, 0.2) is 51.6 Å². The number of benzene rings is 1. The van der Waals surface area contributed by atoms with Crippen molar-refractivity contribution in [3.8, 4) is 0 Å². The van der Waals surface area contributed by atoms with Gasteiger partial charge in [0.05, 0.1) is 17.3 Å². The van der Waals surface area contributed by atoms with Gasteiger partial charge in [-0.15, -0.1) is 11.8 Å². The van der Waals surface area contributed by atoms with E-state index < -0.39 is 0 Å². The molecule has 1 heterocycles. The molecule has 0 N–H and O–H groups in total. The van der Waals surface area contributed by atoms with E-state index in [4.69, 9.17) is 0 Å². The van der Waals surface area contributed by atoms with E-state index in [1.54, 1.807) is 11.7 Å². The lowest BCUT2D eigenvalue weighted by Gasteiger charge is -2.03. The molecule has 0 radical (unpaired) electrons. The van der Waals surface area contributed by atoms with Gasteiger partial charge < -0.3 is 0 Å². The standard InChI is InChI=1S/C16H18N4S/c1-4-13-10-20(15-8-6-5-7-14(13)15)16(9-17-2)19-11-18-12-21-3/h5-12H,2,4H2,1,3H3/b16-9-,18-12+,19-11-. The number of rotatable bonds is 6. The number of hydrogen-bond acceptors (Lipinski definition) is 3. The zero-order valence-corrected chi connectivity index (χ0v) is 13.0. The number of hydrogen-bond donors (Lipinski definition) is 0. The maximum atomic E-state index is 4.37. The summed E-state index contributed by atoms with van der Waals surface area (Å²) in [5, 5.41) is 1.23. The lowest BCUT2D eigenvalue weighted by Crippen LogP contribution is -1.93. The molecule has 0 atom stereocenters. The Kier molecular flexibility index (Phi) is 5.51. The third-order valence-electron chi connectivity index (χ3n) is 3.05. The summed E-state index contributed by atoms with van der Waals surface area (Å²) in [6, 6.07) is 8.27. The van der Waals surface area contributed by atoms with Crippen LogP contribution in [0.5, 0.6) is 0 Å². The molecule has 2 rings (SSSR count). The van der Waals surface area contributed by atoms with Crippen molar-refractivity contribution in [2.24, 2.45) is 15.0 Å². The van der Waals surface area contributed by atoms with Crippen LogP contribution in [0, 0.1) is 0 Å². The van der Waals surface area contributed by atoms with Crippen LogP contribution in [-0.4, -0.2) is 29.4 Å². The molecule has 0 fully saturated rings. The van der Waals surface area contributed by atoms with Gasteiger partial charge in [-0.05, 0) is 31.0 Å². The van der Waals surface area contributed by atoms with E-state index in [9.17, 15) is 0 Å². The van der Waals surface area contributed by atoms with Crippen LogP contribution in [0.2, 0.25) is 0 Å². The average molecular weight is 298 g/mol. The van der Waals surface area contributed by atoms with Crippen LogP contribution in [0.1, 0.15) is 12.5 Å². The molecule has 0 spiro atoms. The number of aromatic nitrogens is 1. The summed E-state index contributed by atoms with van der Waals surface area (Å²) in [5.41, 5.74) is 4.12. The molecule has 2 aromatic rings. The summed E-state index contributed by atoms with van der Waals surface area (Å²) in [6.07, 6.45) is 8.17. The normalized spacial score (nSPS) is 12.8. The van der Waals surface area contributed by atoms with E-state index in [1.807, 2.05) is 23.0 Å². The predicted molar refractivity (Wildman–Crippen MR) is 95.6 cm³/mol. The first-order valence-electron chi connectivity index (χ1n) is 6.64. The second kappa shape index (κ2) is 7.59. The van der Waals surface area contributed by atoms with Crippen molar-refractivity contribution < 1.29 is 0 Å². The van der Waals surface area contributed by atoms with Crippen molar-refractivity contribution >= 4 is 47.1 Å². The molecule has 0 saturated heterocycles. The Balaban J connectivity index is 2.51. The SMILES string of the molecule is C=N/C=C(/N=C\N=C\SC)n1cc(CC)c2ccccc21. The fraction of sp³-hybridized carbons (Fsp3) is 0.188. The maximum Gasteiger partial charge on any atom is 0.157 e. The minimum absolute atomic E-state index is 0.694. The number of aliphatic imine (C=N–C) groups is 3. The quantitative estimate of drug-likeness (QED) is 0.585. The maximum absolute atomic E-state index is 4.37. The molecule has 0 aliphatic heterocycles. The van der Waals surface area contributed by atoms with Gasteiger partial charge in [0.2, 0.25) is 0 Å². The average Bonchev–Trinajstić information content (AvgIpc) is 2.89. The third-order valence-corrected chi connectivity index (χ3v) is 3.38. The molecular weight excluding hydrogens is 280 g/mol. The lowest BCUT2D eigenvalue weighted by atomic mass is 10.1. The van der Waals surface area contributed by atoms with Gasteiger partial charge in [-0.25, -0.2) is 9.98 Å². The predicted octanol–water partition coefficient (Wildman–Crippen LogP) is 4.08. The third kappa shape index (κ3) is 3.49. The van der Waals surface area contributed by atoms with Gasteiger partial charge in [0.25, 0.3) is 0 Å². The van der Waals surface area contributed by atoms with Gasteiger partial charge in [-0.3, -0.25) is 9.56 Å². The Morgan fingerprint density at radius 1 is 1.38 bits per heavy atom. The topological polar surface area (TPSA) is 42.0 Å². The summed E-state index contributed by atoms with van der Waals surface area (Å²) in [5.74, 6) is 0.694. The Bertz CT molecular complexity index is 710. The number of nitrogens with zero attached hydrogens (tertiary/aromatic N) is 4. The molecule has 0 aliphatic rings. The van der Waals surface area contributed by atoms with Gasteiger partial charge in [0, 0.05) is 11.6 Å². The van der Waals surface area contributed by atoms with Crippen LogP contribution in [0.25, 0.3) is 16.7 Å². The van der Waals surface area contributed by atoms with E-state index >= 15 is 0 Å². The Labute approximate surface area is 129 Å². The zero-order valence-electron chi connectivity index (χ0n) is 12.2. The van der Waals surface area contributed by atoms with E-state index in [0.29, 0.717) is 5.82 Å². The Morgan fingerprint density at radius 2 is 2.19 bits per heavy atom. The van der Waals surface area contributed by atoms with E-state index in [2.05, 4.69) is 46.9 Å². The minimum atomic E-state index is 0.694. The number of thioether (sulfide) groups is 1. The van der Waals surface area contributed by atoms with Crippen molar-refractivity contribution in [1.29, 1.82) is 0 Å². The fourth-order valence-corrected chi connectivity index (χ4v) is 2.32. The molecule has 0 aliphatic carbocycles. The molecule has 108 valence electrons. The van der Waals surface area contributed by atoms with Crippen molar-refractivity contribution in [2.45, 2.75) is 13.3 Å². The molecule has 21 heavy (non-hydrogen) atoms. The largest absolute Gasteiger partial charge is 0.300 e. The van der Waals surface area contributed by atoms with Gasteiger partial charge in [-0.1, -0.05) is 25.1 Å². The van der Waals surface area contributed by atoms with Crippen molar-refractivity contribution in [3.63, 3.8) is 0 Å². The molecule has 0 amide bonds. The molecule has 4 nitrogen and oxygen atoms in total. The molecule has 0 unspecified atom stereocenters.